The zero-order valence-electron chi connectivity index (χ0n) is 16.6. The maximum Gasteiger partial charge on any atom is 0.0642 e. The van der Waals surface area contributed by atoms with Gasteiger partial charge < -0.3 is 9.64 Å². The van der Waals surface area contributed by atoms with Crippen LogP contribution in [0.4, 0.5) is 0 Å². The van der Waals surface area contributed by atoms with Crippen molar-refractivity contribution in [2.45, 2.75) is 12.8 Å². The molecule has 2 aliphatic rings. The Hall–Kier alpha value is -2.40. The smallest absolute Gasteiger partial charge is 0.0642 e. The van der Waals surface area contributed by atoms with E-state index in [1.54, 1.807) is 18.3 Å². The number of allylic oxidation sites excluding steroid dienone is 2. The standard InChI is InChI=1S/C24H23Cl2N3O/c25-22-9-8-20(23(26)15-22)16-27-28-17-21-7-6-19(14-18-4-2-1-3-5-18)24(21)29-10-12-30-13-11-29/h1-5,8-9,14-17H,6-7,10-13H2/b19-14+,27-16+,28-17+. The predicted molar refractivity (Wildman–Crippen MR) is 126 cm³/mol. The molecule has 0 N–H and O–H groups in total. The molecule has 0 radical (unpaired) electrons. The van der Waals surface area contributed by atoms with E-state index in [9.17, 15) is 0 Å². The Kier molecular flexibility index (Phi) is 7.00. The monoisotopic (exact) mass is 439 g/mol. The minimum atomic E-state index is 0.559. The fraction of sp³-hybridized carbons (Fsp3) is 0.250. The molecule has 0 saturated carbocycles. The molecular formula is C24H23Cl2N3O. The molecule has 2 aromatic rings. The van der Waals surface area contributed by atoms with Crippen LogP contribution in [-0.2, 0) is 4.74 Å². The van der Waals surface area contributed by atoms with E-state index in [1.165, 1.54) is 22.4 Å². The number of hydrogen-bond acceptors (Lipinski definition) is 4. The number of nitrogens with zero attached hydrogens (tertiary/aromatic N) is 3. The first-order chi connectivity index (χ1) is 14.7. The molecule has 6 heteroatoms. The van der Waals surface area contributed by atoms with Crippen molar-refractivity contribution in [1.29, 1.82) is 0 Å². The molecule has 0 amide bonds. The van der Waals surface area contributed by atoms with Gasteiger partial charge in [0, 0.05) is 29.4 Å². The van der Waals surface area contributed by atoms with Crippen molar-refractivity contribution in [3.05, 3.63) is 86.5 Å². The van der Waals surface area contributed by atoms with Crippen molar-refractivity contribution in [3.8, 4) is 0 Å². The summed E-state index contributed by atoms with van der Waals surface area (Å²) in [4.78, 5) is 2.41. The lowest BCUT2D eigenvalue weighted by molar-refractivity contribution is 0.0548. The van der Waals surface area contributed by atoms with Crippen molar-refractivity contribution >= 4 is 41.7 Å². The van der Waals surface area contributed by atoms with Gasteiger partial charge in [0.15, 0.2) is 0 Å². The number of morpholine rings is 1. The van der Waals surface area contributed by atoms with Gasteiger partial charge in [0.25, 0.3) is 0 Å². The van der Waals surface area contributed by atoms with Gasteiger partial charge in [-0.2, -0.15) is 10.2 Å². The summed E-state index contributed by atoms with van der Waals surface area (Å²) in [6, 6.07) is 15.8. The molecule has 1 aliphatic heterocycles. The third-order valence-electron chi connectivity index (χ3n) is 5.18. The van der Waals surface area contributed by atoms with Gasteiger partial charge in [-0.15, -0.1) is 0 Å². The first kappa shape index (κ1) is 20.9. The van der Waals surface area contributed by atoms with Gasteiger partial charge in [-0.25, -0.2) is 0 Å². The van der Waals surface area contributed by atoms with E-state index in [4.69, 9.17) is 27.9 Å². The first-order valence-electron chi connectivity index (χ1n) is 10.0. The minimum absolute atomic E-state index is 0.559. The van der Waals surface area contributed by atoms with Crippen LogP contribution in [0.2, 0.25) is 10.0 Å². The largest absolute Gasteiger partial charge is 0.378 e. The van der Waals surface area contributed by atoms with Crippen LogP contribution in [0.3, 0.4) is 0 Å². The van der Waals surface area contributed by atoms with E-state index in [-0.39, 0.29) is 0 Å². The summed E-state index contributed by atoms with van der Waals surface area (Å²) in [5.74, 6) is 0. The highest BCUT2D eigenvalue weighted by atomic mass is 35.5. The van der Waals surface area contributed by atoms with Crippen LogP contribution in [0.25, 0.3) is 6.08 Å². The van der Waals surface area contributed by atoms with E-state index >= 15 is 0 Å². The average Bonchev–Trinajstić information content (AvgIpc) is 3.16. The maximum atomic E-state index is 6.19. The van der Waals surface area contributed by atoms with Crippen molar-refractivity contribution in [1.82, 2.24) is 4.90 Å². The van der Waals surface area contributed by atoms with Gasteiger partial charge in [-0.3, -0.25) is 0 Å². The van der Waals surface area contributed by atoms with Crippen molar-refractivity contribution in [3.63, 3.8) is 0 Å². The molecule has 1 aliphatic carbocycles. The Morgan fingerprint density at radius 2 is 1.67 bits per heavy atom. The molecule has 1 fully saturated rings. The SMILES string of the molecule is Clc1ccc(/C=N/N=C/C2=C(N3CCOCC3)C(=C/c3ccccc3)/CC2)c(Cl)c1. The van der Waals surface area contributed by atoms with Gasteiger partial charge in [0.05, 0.1) is 30.7 Å². The topological polar surface area (TPSA) is 37.2 Å². The Bertz CT molecular complexity index is 1010. The van der Waals surface area contributed by atoms with E-state index < -0.39 is 0 Å². The lowest BCUT2D eigenvalue weighted by Gasteiger charge is -2.31. The minimum Gasteiger partial charge on any atom is -0.378 e. The van der Waals surface area contributed by atoms with Crippen molar-refractivity contribution in [2.75, 3.05) is 26.3 Å². The molecule has 30 heavy (non-hydrogen) atoms. The van der Waals surface area contributed by atoms with Crippen LogP contribution in [0.15, 0.2) is 75.6 Å². The van der Waals surface area contributed by atoms with Gasteiger partial charge in [0.1, 0.15) is 0 Å². The molecular weight excluding hydrogens is 417 g/mol. The predicted octanol–water partition coefficient (Wildman–Crippen LogP) is 5.86. The van der Waals surface area contributed by atoms with Crippen molar-refractivity contribution < 1.29 is 4.74 Å². The molecule has 0 unspecified atom stereocenters. The Balaban J connectivity index is 1.59. The number of ether oxygens (including phenoxy) is 1. The Morgan fingerprint density at radius 1 is 0.900 bits per heavy atom. The van der Waals surface area contributed by atoms with Gasteiger partial charge in [-0.1, -0.05) is 59.6 Å². The second-order valence-electron chi connectivity index (χ2n) is 7.21. The third kappa shape index (κ3) is 5.20. The summed E-state index contributed by atoms with van der Waals surface area (Å²) in [7, 11) is 0. The Labute approximate surface area is 187 Å². The quantitative estimate of drug-likeness (QED) is 0.431. The van der Waals surface area contributed by atoms with E-state index in [0.717, 1.165) is 44.7 Å². The van der Waals surface area contributed by atoms with Crippen LogP contribution < -0.4 is 0 Å². The zero-order valence-corrected chi connectivity index (χ0v) is 18.1. The highest BCUT2D eigenvalue weighted by molar-refractivity contribution is 6.36. The molecule has 0 spiro atoms. The Morgan fingerprint density at radius 3 is 2.43 bits per heavy atom. The normalized spacial score (nSPS) is 19.0. The lowest BCUT2D eigenvalue weighted by Crippen LogP contribution is -2.36. The van der Waals surface area contributed by atoms with Crippen LogP contribution in [0.1, 0.15) is 24.0 Å². The van der Waals surface area contributed by atoms with E-state index in [2.05, 4.69) is 45.4 Å². The van der Waals surface area contributed by atoms with Crippen LogP contribution in [-0.4, -0.2) is 43.6 Å². The number of rotatable bonds is 5. The summed E-state index contributed by atoms with van der Waals surface area (Å²) in [6.07, 6.45) is 7.75. The maximum absolute atomic E-state index is 6.19. The summed E-state index contributed by atoms with van der Waals surface area (Å²) in [5.41, 5.74) is 5.82. The molecule has 1 saturated heterocycles. The second-order valence-corrected chi connectivity index (χ2v) is 8.05. The molecule has 4 nitrogen and oxygen atoms in total. The second kappa shape index (κ2) is 10.1. The average molecular weight is 440 g/mol. The summed E-state index contributed by atoms with van der Waals surface area (Å²) in [5, 5.41) is 9.67. The van der Waals surface area contributed by atoms with E-state index in [1.807, 2.05) is 18.3 Å². The number of halogens is 2. The highest BCUT2D eigenvalue weighted by Gasteiger charge is 2.25. The molecule has 154 valence electrons. The van der Waals surface area contributed by atoms with Gasteiger partial charge in [-0.05, 0) is 47.8 Å². The summed E-state index contributed by atoms with van der Waals surface area (Å²) < 4.78 is 5.55. The first-order valence-corrected chi connectivity index (χ1v) is 10.8. The van der Waals surface area contributed by atoms with Crippen LogP contribution >= 0.6 is 23.2 Å². The number of benzene rings is 2. The summed E-state index contributed by atoms with van der Waals surface area (Å²) in [6.45, 7) is 3.28. The fourth-order valence-electron chi connectivity index (χ4n) is 3.73. The molecule has 1 heterocycles. The van der Waals surface area contributed by atoms with Crippen molar-refractivity contribution in [2.24, 2.45) is 10.2 Å². The summed E-state index contributed by atoms with van der Waals surface area (Å²) >= 11 is 12.1. The highest BCUT2D eigenvalue weighted by Crippen LogP contribution is 2.35. The van der Waals surface area contributed by atoms with E-state index in [0.29, 0.717) is 10.0 Å². The third-order valence-corrected chi connectivity index (χ3v) is 5.74. The van der Waals surface area contributed by atoms with Crippen LogP contribution in [0.5, 0.6) is 0 Å². The molecule has 2 aromatic carbocycles. The fourth-order valence-corrected chi connectivity index (χ4v) is 4.18. The van der Waals surface area contributed by atoms with Gasteiger partial charge >= 0.3 is 0 Å². The molecule has 0 atom stereocenters. The lowest BCUT2D eigenvalue weighted by atomic mass is 10.1. The number of hydrogen-bond donors (Lipinski definition) is 0. The molecule has 0 aromatic heterocycles. The molecule has 4 rings (SSSR count). The van der Waals surface area contributed by atoms with Crippen LogP contribution in [0, 0.1) is 0 Å². The van der Waals surface area contributed by atoms with Gasteiger partial charge in [0.2, 0.25) is 0 Å². The molecule has 0 bridgehead atoms. The zero-order chi connectivity index (χ0) is 20.8.